The third-order valence-corrected chi connectivity index (χ3v) is 11.0. The smallest absolute Gasteiger partial charge is 0.407 e. The molecule has 262 valence electrons. The molecule has 6 rings (SSSR count). The molecule has 3 aliphatic rings. The minimum atomic E-state index is -4.16. The molecule has 1 aliphatic heterocycles. The molecule has 2 amide bonds. The predicted molar refractivity (Wildman–Crippen MR) is 187 cm³/mol. The fourth-order valence-electron chi connectivity index (χ4n) is 7.11. The maximum absolute atomic E-state index is 14.6. The van der Waals surface area contributed by atoms with E-state index in [1.165, 1.54) is 12.1 Å². The molecule has 2 saturated carbocycles. The van der Waals surface area contributed by atoms with Gasteiger partial charge < -0.3 is 19.7 Å². The molecule has 2 fully saturated rings. The summed E-state index contributed by atoms with van der Waals surface area (Å²) in [5.41, 5.74) is 3.46. The highest BCUT2D eigenvalue weighted by atomic mass is 32.2. The average Bonchev–Trinajstić information content (AvgIpc) is 3.01. The third kappa shape index (κ3) is 8.17. The number of alkyl carbamates (subject to hydrolysis) is 1. The first kappa shape index (κ1) is 34.7. The molecule has 2 heterocycles. The summed E-state index contributed by atoms with van der Waals surface area (Å²) in [4.78, 5) is 38.0. The number of hydrogen-bond donors (Lipinski definition) is 2. The molecular weight excluding hydrogens is 643 g/mol. The number of amides is 2. The Bertz CT molecular complexity index is 1790. The van der Waals surface area contributed by atoms with Crippen molar-refractivity contribution in [1.82, 2.24) is 20.2 Å². The van der Waals surface area contributed by atoms with Gasteiger partial charge in [-0.25, -0.2) is 22.9 Å². The molecule has 0 unspecified atom stereocenters. The van der Waals surface area contributed by atoms with Gasteiger partial charge in [-0.05, 0) is 100.0 Å². The summed E-state index contributed by atoms with van der Waals surface area (Å²) in [7, 11) is -4.16. The van der Waals surface area contributed by atoms with Crippen LogP contribution in [0.3, 0.4) is 0 Å². The highest BCUT2D eigenvalue weighted by Crippen LogP contribution is 2.34. The maximum atomic E-state index is 14.6. The van der Waals surface area contributed by atoms with E-state index >= 15 is 0 Å². The van der Waals surface area contributed by atoms with Crippen LogP contribution in [0.15, 0.2) is 53.4 Å². The summed E-state index contributed by atoms with van der Waals surface area (Å²) >= 11 is 0. The van der Waals surface area contributed by atoms with Crippen LogP contribution in [0.1, 0.15) is 93.6 Å². The van der Waals surface area contributed by atoms with Crippen molar-refractivity contribution in [1.29, 1.82) is 0 Å². The van der Waals surface area contributed by atoms with E-state index in [9.17, 15) is 18.0 Å². The van der Waals surface area contributed by atoms with E-state index in [-0.39, 0.29) is 70.5 Å². The lowest BCUT2D eigenvalue weighted by Crippen LogP contribution is -2.53. The lowest BCUT2D eigenvalue weighted by atomic mass is 9.84. The van der Waals surface area contributed by atoms with Crippen molar-refractivity contribution in [2.45, 2.75) is 115 Å². The molecule has 49 heavy (non-hydrogen) atoms. The second-order valence-electron chi connectivity index (χ2n) is 14.9. The van der Waals surface area contributed by atoms with Crippen LogP contribution in [0.2, 0.25) is 0 Å². The number of carbonyl (C=O) groups excluding carboxylic acids is 2. The molecule has 2 aromatic carbocycles. The van der Waals surface area contributed by atoms with E-state index in [0.29, 0.717) is 37.8 Å². The minimum absolute atomic E-state index is 0.0104. The van der Waals surface area contributed by atoms with Crippen LogP contribution in [0.25, 0.3) is 11.3 Å². The van der Waals surface area contributed by atoms with Crippen molar-refractivity contribution >= 4 is 28.0 Å². The number of carbonyl (C=O) groups is 2. The van der Waals surface area contributed by atoms with Crippen molar-refractivity contribution in [3.8, 4) is 17.1 Å². The topological polar surface area (TPSA) is 140 Å². The molecular formula is C37H47N5O6S. The van der Waals surface area contributed by atoms with Crippen LogP contribution >= 0.6 is 0 Å². The fourth-order valence-corrected chi connectivity index (χ4v) is 8.10. The number of aryl methyl sites for hydroxylation is 2. The number of nitrogens with zero attached hydrogens (tertiary/aromatic N) is 3. The van der Waals surface area contributed by atoms with Gasteiger partial charge in [-0.3, -0.25) is 4.79 Å². The van der Waals surface area contributed by atoms with Crippen molar-refractivity contribution in [2.24, 2.45) is 5.41 Å². The van der Waals surface area contributed by atoms with Crippen LogP contribution in [-0.2, 0) is 14.8 Å². The standard InChI is InChI=1S/C37H47N5O6S/c1-23-9-6-10-24(2)33(23)31-20-32-40-35(39-31)41-49(45,46)30-14-7-11-25(19-30)34(43)42(28(22-47-32)21-37(3,4)5)27-17-15-26(16-18-27)38-36(44)48-29-12-8-13-29/h6-7,9-11,14,19-20,26-29H,8,12-13,15-18,21-22H2,1-5H3,(H,38,44)(H,39,40,41)/t26?,27?,28-/m1/s1. The summed E-state index contributed by atoms with van der Waals surface area (Å²) in [5, 5.41) is 3.03. The van der Waals surface area contributed by atoms with Crippen molar-refractivity contribution in [3.63, 3.8) is 0 Å². The summed E-state index contributed by atoms with van der Waals surface area (Å²) in [6.45, 7) is 10.5. The second kappa shape index (κ2) is 14.0. The van der Waals surface area contributed by atoms with Crippen LogP contribution in [0, 0.1) is 19.3 Å². The average molecular weight is 690 g/mol. The van der Waals surface area contributed by atoms with Gasteiger partial charge in [0.2, 0.25) is 11.8 Å². The Balaban J connectivity index is 1.36. The van der Waals surface area contributed by atoms with Gasteiger partial charge in [-0.15, -0.1) is 0 Å². The number of aromatic nitrogens is 2. The number of fused-ring (bicyclic) bond motifs is 4. The molecule has 1 atom stereocenters. The third-order valence-electron chi connectivity index (χ3n) is 9.69. The molecule has 0 saturated heterocycles. The number of ether oxygens (including phenoxy) is 2. The summed E-state index contributed by atoms with van der Waals surface area (Å²) in [6, 6.07) is 13.2. The normalized spacial score (nSPS) is 22.7. The molecule has 12 heteroatoms. The number of nitrogens with one attached hydrogen (secondary N) is 2. The molecule has 0 radical (unpaired) electrons. The largest absolute Gasteiger partial charge is 0.475 e. The van der Waals surface area contributed by atoms with E-state index in [4.69, 9.17) is 9.47 Å². The SMILES string of the molecule is Cc1cccc(C)c1-c1cc2nc(n1)NS(=O)(=O)c1cccc(c1)C(=O)N(C1CCC(NC(=O)OC3CCC3)CC1)[C@H](CC(C)(C)C)CO2. The zero-order valence-corrected chi connectivity index (χ0v) is 29.8. The molecule has 11 nitrogen and oxygen atoms in total. The van der Waals surface area contributed by atoms with Gasteiger partial charge in [0.15, 0.2) is 0 Å². The minimum Gasteiger partial charge on any atom is -0.475 e. The molecule has 3 aromatic rings. The highest BCUT2D eigenvalue weighted by Gasteiger charge is 2.38. The zero-order chi connectivity index (χ0) is 34.9. The Hall–Kier alpha value is -4.19. The Morgan fingerprint density at radius 3 is 2.35 bits per heavy atom. The summed E-state index contributed by atoms with van der Waals surface area (Å²) < 4.78 is 41.9. The van der Waals surface area contributed by atoms with Crippen LogP contribution < -0.4 is 14.8 Å². The van der Waals surface area contributed by atoms with Gasteiger partial charge in [0.25, 0.3) is 15.9 Å². The van der Waals surface area contributed by atoms with E-state index in [2.05, 4.69) is 40.8 Å². The van der Waals surface area contributed by atoms with E-state index < -0.39 is 10.0 Å². The Morgan fingerprint density at radius 2 is 1.69 bits per heavy atom. The Morgan fingerprint density at radius 1 is 1.00 bits per heavy atom. The highest BCUT2D eigenvalue weighted by molar-refractivity contribution is 7.92. The molecule has 0 spiro atoms. The molecule has 2 N–H and O–H groups in total. The molecule has 2 aliphatic carbocycles. The van der Waals surface area contributed by atoms with E-state index in [0.717, 1.165) is 36.0 Å². The van der Waals surface area contributed by atoms with Gasteiger partial charge in [-0.2, -0.15) is 4.98 Å². The Labute approximate surface area is 289 Å². The first-order valence-corrected chi connectivity index (χ1v) is 18.8. The summed E-state index contributed by atoms with van der Waals surface area (Å²) in [6.07, 6.45) is 5.87. The number of rotatable bonds is 5. The van der Waals surface area contributed by atoms with Gasteiger partial charge in [-0.1, -0.05) is 45.0 Å². The molecule has 1 aromatic heterocycles. The van der Waals surface area contributed by atoms with Gasteiger partial charge in [0.1, 0.15) is 12.7 Å². The van der Waals surface area contributed by atoms with Crippen molar-refractivity contribution < 1.29 is 27.5 Å². The van der Waals surface area contributed by atoms with Crippen LogP contribution in [0.4, 0.5) is 10.7 Å². The molecule has 4 bridgehead atoms. The maximum Gasteiger partial charge on any atom is 0.407 e. The summed E-state index contributed by atoms with van der Waals surface area (Å²) in [5.74, 6) is -0.165. The van der Waals surface area contributed by atoms with Gasteiger partial charge in [0, 0.05) is 29.3 Å². The first-order chi connectivity index (χ1) is 23.3. The monoisotopic (exact) mass is 689 g/mol. The predicted octanol–water partition coefficient (Wildman–Crippen LogP) is 6.79. The number of hydrogen-bond acceptors (Lipinski definition) is 8. The number of anilines is 1. The second-order valence-corrected chi connectivity index (χ2v) is 16.5. The van der Waals surface area contributed by atoms with E-state index in [1.54, 1.807) is 18.2 Å². The lowest BCUT2D eigenvalue weighted by molar-refractivity contribution is 0.0282. The van der Waals surface area contributed by atoms with Gasteiger partial charge >= 0.3 is 6.09 Å². The quantitative estimate of drug-likeness (QED) is 0.299. The lowest BCUT2D eigenvalue weighted by Gasteiger charge is -2.43. The Kier molecular flexibility index (Phi) is 9.88. The number of sulfonamides is 1. The zero-order valence-electron chi connectivity index (χ0n) is 29.0. The van der Waals surface area contributed by atoms with E-state index in [1.807, 2.05) is 36.9 Å². The van der Waals surface area contributed by atoms with Gasteiger partial charge in [0.05, 0.1) is 16.6 Å². The van der Waals surface area contributed by atoms with Crippen LogP contribution in [0.5, 0.6) is 5.88 Å². The van der Waals surface area contributed by atoms with Crippen LogP contribution in [-0.4, -0.2) is 66.1 Å². The number of benzene rings is 2. The van der Waals surface area contributed by atoms with Crippen molar-refractivity contribution in [2.75, 3.05) is 11.3 Å². The first-order valence-electron chi connectivity index (χ1n) is 17.3. The fraction of sp³-hybridized carbons (Fsp3) is 0.514. The van der Waals surface area contributed by atoms with Crippen molar-refractivity contribution in [3.05, 3.63) is 65.2 Å².